The zero-order valence-corrected chi connectivity index (χ0v) is 10.2. The summed E-state index contributed by atoms with van der Waals surface area (Å²) in [6.45, 7) is 4.48. The monoisotopic (exact) mass is 172 g/mol. The van der Waals surface area contributed by atoms with E-state index in [1.54, 1.807) is 0 Å². The summed E-state index contributed by atoms with van der Waals surface area (Å²) in [6.07, 6.45) is 8.42. The van der Waals surface area contributed by atoms with Crippen LogP contribution in [-0.2, 0) is 3.79 Å². The van der Waals surface area contributed by atoms with E-state index in [4.69, 9.17) is 3.79 Å². The summed E-state index contributed by atoms with van der Waals surface area (Å²) in [7, 11) is 0. The molecule has 1 unspecified atom stereocenters. The molecule has 2 heteroatoms. The smallest absolute Gasteiger partial charge is 0.410 e. The molecular weight excluding hydrogens is 151 g/mol. The van der Waals surface area contributed by atoms with Gasteiger partial charge in [-0.1, -0.05) is 39.5 Å². The summed E-state index contributed by atoms with van der Waals surface area (Å²) >= 11 is 0.905. The first kappa shape index (κ1) is 11.5. The zero-order chi connectivity index (χ0) is 8.53. The molecule has 11 heavy (non-hydrogen) atoms. The summed E-state index contributed by atoms with van der Waals surface area (Å²) in [5.74, 6) is 0. The van der Waals surface area contributed by atoms with Gasteiger partial charge in [-0.25, -0.2) is 0 Å². The molecule has 0 heterocycles. The molecule has 0 spiro atoms. The molecule has 0 bridgehead atoms. The Labute approximate surface area is 79.3 Å². The van der Waals surface area contributed by atoms with Crippen molar-refractivity contribution in [1.82, 2.24) is 0 Å². The molecule has 0 aromatic heterocycles. The lowest BCUT2D eigenvalue weighted by Gasteiger charge is -2.15. The minimum atomic E-state index is 0.582. The molecule has 0 aliphatic heterocycles. The van der Waals surface area contributed by atoms with Crippen LogP contribution in [0, 0.1) is 0 Å². The third-order valence-electron chi connectivity index (χ3n) is 2.07. The summed E-state index contributed by atoms with van der Waals surface area (Å²) < 4.78 is 5.48. The third-order valence-corrected chi connectivity index (χ3v) is 2.74. The average Bonchev–Trinajstić information content (AvgIpc) is 2.03. The second kappa shape index (κ2) is 8.59. The number of hydrogen-bond acceptors (Lipinski definition) is 1. The van der Waals surface area contributed by atoms with Crippen LogP contribution in [0.5, 0.6) is 0 Å². The van der Waals surface area contributed by atoms with E-state index in [1.165, 1.54) is 38.5 Å². The average molecular weight is 172 g/mol. The molecule has 1 atom stereocenters. The van der Waals surface area contributed by atoms with Crippen LogP contribution in [0.2, 0.25) is 0 Å². The Morgan fingerprint density at radius 3 is 2.27 bits per heavy atom. The second-order valence-corrected chi connectivity index (χ2v) is 3.61. The fourth-order valence-corrected chi connectivity index (χ4v) is 1.80. The molecule has 0 fully saturated rings. The first-order valence-corrected chi connectivity index (χ1v) is 5.69. The van der Waals surface area contributed by atoms with Gasteiger partial charge in [-0.05, 0) is 12.8 Å². The molecule has 0 aromatic carbocycles. The van der Waals surface area contributed by atoms with Crippen LogP contribution in [-0.4, -0.2) is 22.7 Å². The summed E-state index contributed by atoms with van der Waals surface area (Å²) in [4.78, 5) is 0. The predicted molar refractivity (Wildman–Crippen MR) is 52.5 cm³/mol. The van der Waals surface area contributed by atoms with Crippen LogP contribution in [0.3, 0.4) is 0 Å². The van der Waals surface area contributed by atoms with Crippen molar-refractivity contribution >= 4 is 16.6 Å². The predicted octanol–water partition coefficient (Wildman–Crippen LogP) is 2.30. The van der Waals surface area contributed by atoms with Gasteiger partial charge >= 0.3 is 16.6 Å². The van der Waals surface area contributed by atoms with Gasteiger partial charge in [-0.3, -0.25) is 0 Å². The van der Waals surface area contributed by atoms with Gasteiger partial charge in [0.25, 0.3) is 0 Å². The number of unbranched alkanes of at least 4 members (excludes halogenated alkanes) is 2. The molecule has 0 amide bonds. The lowest BCUT2D eigenvalue weighted by Crippen LogP contribution is -2.10. The SMILES string of the molecule is CCCCCC(CCC)[O][AlH2]. The van der Waals surface area contributed by atoms with Crippen molar-refractivity contribution in [3.05, 3.63) is 0 Å². The van der Waals surface area contributed by atoms with E-state index in [9.17, 15) is 0 Å². The van der Waals surface area contributed by atoms with E-state index < -0.39 is 0 Å². The van der Waals surface area contributed by atoms with Gasteiger partial charge in [0.05, 0.1) is 0 Å². The van der Waals surface area contributed by atoms with Crippen molar-refractivity contribution in [2.24, 2.45) is 0 Å². The van der Waals surface area contributed by atoms with Gasteiger partial charge in [0, 0.05) is 6.10 Å². The molecular formula is C9H21AlO. The first-order valence-electron chi connectivity index (χ1n) is 4.87. The van der Waals surface area contributed by atoms with Crippen molar-refractivity contribution in [2.75, 3.05) is 0 Å². The van der Waals surface area contributed by atoms with Crippen LogP contribution in [0.15, 0.2) is 0 Å². The number of rotatable bonds is 7. The maximum Gasteiger partial charge on any atom is 0.410 e. The summed E-state index contributed by atoms with van der Waals surface area (Å²) in [5.41, 5.74) is 0. The summed E-state index contributed by atoms with van der Waals surface area (Å²) in [6, 6.07) is 0. The van der Waals surface area contributed by atoms with Crippen LogP contribution in [0.1, 0.15) is 52.4 Å². The normalized spacial score (nSPS) is 13.3. The van der Waals surface area contributed by atoms with Crippen molar-refractivity contribution in [3.63, 3.8) is 0 Å². The Kier molecular flexibility index (Phi) is 8.97. The highest BCUT2D eigenvalue weighted by atomic mass is 27.1. The van der Waals surface area contributed by atoms with Gasteiger partial charge in [0.1, 0.15) is 0 Å². The first-order chi connectivity index (χ1) is 5.35. The van der Waals surface area contributed by atoms with Gasteiger partial charge in [-0.15, -0.1) is 0 Å². The fourth-order valence-electron chi connectivity index (χ4n) is 1.32. The molecule has 0 aliphatic carbocycles. The highest BCUT2D eigenvalue weighted by molar-refractivity contribution is 5.98. The van der Waals surface area contributed by atoms with Crippen LogP contribution < -0.4 is 0 Å². The van der Waals surface area contributed by atoms with Crippen LogP contribution in [0.25, 0.3) is 0 Å². The van der Waals surface area contributed by atoms with Crippen LogP contribution >= 0.6 is 0 Å². The minimum Gasteiger partial charge on any atom is -0.504 e. The second-order valence-electron chi connectivity index (χ2n) is 3.14. The Hall–Kier alpha value is 0.492. The Morgan fingerprint density at radius 1 is 1.09 bits per heavy atom. The molecule has 0 rings (SSSR count). The lowest BCUT2D eigenvalue weighted by atomic mass is 10.1. The van der Waals surface area contributed by atoms with Gasteiger partial charge in [0.2, 0.25) is 0 Å². The third kappa shape index (κ3) is 6.87. The van der Waals surface area contributed by atoms with Gasteiger partial charge < -0.3 is 3.79 Å². The maximum atomic E-state index is 5.48. The molecule has 0 saturated carbocycles. The maximum absolute atomic E-state index is 5.48. The molecule has 0 aliphatic rings. The van der Waals surface area contributed by atoms with E-state index in [-0.39, 0.29) is 0 Å². The van der Waals surface area contributed by atoms with Crippen molar-refractivity contribution in [1.29, 1.82) is 0 Å². The Bertz CT molecular complexity index is 76.0. The van der Waals surface area contributed by atoms with E-state index in [2.05, 4.69) is 13.8 Å². The minimum absolute atomic E-state index is 0.582. The largest absolute Gasteiger partial charge is 0.504 e. The molecule has 0 N–H and O–H groups in total. The molecule has 0 aromatic rings. The molecule has 66 valence electrons. The van der Waals surface area contributed by atoms with Gasteiger partial charge in [-0.2, -0.15) is 0 Å². The van der Waals surface area contributed by atoms with Gasteiger partial charge in [0.15, 0.2) is 0 Å². The van der Waals surface area contributed by atoms with Crippen molar-refractivity contribution in [2.45, 2.75) is 58.5 Å². The summed E-state index contributed by atoms with van der Waals surface area (Å²) in [5, 5.41) is 0. The Balaban J connectivity index is 3.20. The molecule has 0 radical (unpaired) electrons. The standard InChI is InChI=1S/C9H19O.Al.2H/c1-3-5-6-8-9(10)7-4-2;;;/h9H,3-8H2,1-2H3;;;/q-1;+1;;. The zero-order valence-electron chi connectivity index (χ0n) is 8.23. The van der Waals surface area contributed by atoms with Crippen molar-refractivity contribution in [3.8, 4) is 0 Å². The molecule has 0 saturated heterocycles. The number of hydrogen-bond donors (Lipinski definition) is 0. The van der Waals surface area contributed by atoms with E-state index in [0.29, 0.717) is 6.10 Å². The van der Waals surface area contributed by atoms with E-state index in [1.807, 2.05) is 0 Å². The fraction of sp³-hybridized carbons (Fsp3) is 1.00. The highest BCUT2D eigenvalue weighted by Crippen LogP contribution is 2.10. The highest BCUT2D eigenvalue weighted by Gasteiger charge is 2.02. The van der Waals surface area contributed by atoms with E-state index >= 15 is 0 Å². The lowest BCUT2D eigenvalue weighted by molar-refractivity contribution is 0.193. The molecule has 1 nitrogen and oxygen atoms in total. The van der Waals surface area contributed by atoms with Crippen LogP contribution in [0.4, 0.5) is 0 Å². The van der Waals surface area contributed by atoms with Crippen molar-refractivity contribution < 1.29 is 3.79 Å². The quantitative estimate of drug-likeness (QED) is 0.423. The van der Waals surface area contributed by atoms with E-state index in [0.717, 1.165) is 16.6 Å². The Morgan fingerprint density at radius 2 is 1.82 bits per heavy atom. The topological polar surface area (TPSA) is 9.23 Å².